The number of benzene rings is 2. The standard InChI is InChI=1S/C27H33ClN2O5/c1-5-29(6-2)15-8-16-30-24(18-9-12-20(13-10-18)35-7-3)23(26(32)27(30)33)25(31)19-11-14-22(34-4)21(28)17-19/h9-14,17,24,31H,5-8,15-16H2,1-4H3/t24-/m1/s1. The molecule has 0 unspecified atom stereocenters. The van der Waals surface area contributed by atoms with Gasteiger partial charge in [-0.1, -0.05) is 37.6 Å². The summed E-state index contributed by atoms with van der Waals surface area (Å²) in [7, 11) is 1.50. The minimum Gasteiger partial charge on any atom is -0.507 e. The van der Waals surface area contributed by atoms with E-state index in [1.54, 1.807) is 29.2 Å². The average molecular weight is 501 g/mol. The molecule has 0 bridgehead atoms. The van der Waals surface area contributed by atoms with E-state index in [-0.39, 0.29) is 11.3 Å². The third-order valence-electron chi connectivity index (χ3n) is 6.24. The molecule has 0 aliphatic carbocycles. The van der Waals surface area contributed by atoms with Gasteiger partial charge in [0.1, 0.15) is 17.3 Å². The van der Waals surface area contributed by atoms with E-state index in [1.807, 2.05) is 19.1 Å². The fourth-order valence-electron chi connectivity index (χ4n) is 4.34. The summed E-state index contributed by atoms with van der Waals surface area (Å²) < 4.78 is 10.7. The first-order valence-corrected chi connectivity index (χ1v) is 12.3. The van der Waals surface area contributed by atoms with Crippen LogP contribution in [0.4, 0.5) is 0 Å². The van der Waals surface area contributed by atoms with Gasteiger partial charge in [-0.15, -0.1) is 0 Å². The molecule has 7 nitrogen and oxygen atoms in total. The lowest BCUT2D eigenvalue weighted by Crippen LogP contribution is -2.33. The predicted molar refractivity (Wildman–Crippen MR) is 137 cm³/mol. The minimum absolute atomic E-state index is 0.0447. The Hall–Kier alpha value is -3.03. The summed E-state index contributed by atoms with van der Waals surface area (Å²) >= 11 is 6.26. The van der Waals surface area contributed by atoms with Gasteiger partial charge in [-0.3, -0.25) is 9.59 Å². The van der Waals surface area contributed by atoms with Crippen LogP contribution in [0, 0.1) is 0 Å². The van der Waals surface area contributed by atoms with Crippen LogP contribution in [0.25, 0.3) is 5.76 Å². The fourth-order valence-corrected chi connectivity index (χ4v) is 4.60. The maximum atomic E-state index is 13.2. The summed E-state index contributed by atoms with van der Waals surface area (Å²) in [5.74, 6) is -0.460. The van der Waals surface area contributed by atoms with Crippen LogP contribution in [0.2, 0.25) is 5.02 Å². The Morgan fingerprint density at radius 2 is 1.77 bits per heavy atom. The number of aliphatic hydroxyl groups excluding tert-OH is 1. The van der Waals surface area contributed by atoms with Gasteiger partial charge in [0.05, 0.1) is 30.4 Å². The van der Waals surface area contributed by atoms with Gasteiger partial charge in [0.15, 0.2) is 0 Å². The Bertz CT molecular complexity index is 1080. The third kappa shape index (κ3) is 5.80. The number of hydrogen-bond donors (Lipinski definition) is 1. The van der Waals surface area contributed by atoms with Crippen molar-refractivity contribution < 1.29 is 24.2 Å². The van der Waals surface area contributed by atoms with E-state index in [2.05, 4.69) is 18.7 Å². The fraction of sp³-hybridized carbons (Fsp3) is 0.407. The first kappa shape index (κ1) is 26.6. The van der Waals surface area contributed by atoms with E-state index in [0.717, 1.165) is 25.2 Å². The number of methoxy groups -OCH3 is 1. The average Bonchev–Trinajstić information content (AvgIpc) is 3.11. The van der Waals surface area contributed by atoms with Gasteiger partial charge in [0.2, 0.25) is 0 Å². The van der Waals surface area contributed by atoms with E-state index in [4.69, 9.17) is 21.1 Å². The number of aliphatic hydroxyl groups is 1. The number of carbonyl (C=O) groups excluding carboxylic acids is 2. The summed E-state index contributed by atoms with van der Waals surface area (Å²) in [5.41, 5.74) is 1.10. The smallest absolute Gasteiger partial charge is 0.295 e. The van der Waals surface area contributed by atoms with Crippen molar-refractivity contribution in [3.05, 3.63) is 64.2 Å². The van der Waals surface area contributed by atoms with E-state index >= 15 is 0 Å². The van der Waals surface area contributed by atoms with Crippen molar-refractivity contribution in [3.63, 3.8) is 0 Å². The first-order chi connectivity index (χ1) is 16.9. The summed E-state index contributed by atoms with van der Waals surface area (Å²) in [6, 6.07) is 11.3. The molecule has 1 aliphatic rings. The molecule has 1 atom stereocenters. The van der Waals surface area contributed by atoms with Crippen molar-refractivity contribution in [1.82, 2.24) is 9.80 Å². The van der Waals surface area contributed by atoms with Gasteiger partial charge in [-0.2, -0.15) is 0 Å². The molecule has 1 N–H and O–H groups in total. The van der Waals surface area contributed by atoms with Crippen LogP contribution in [-0.2, 0) is 9.59 Å². The topological polar surface area (TPSA) is 79.3 Å². The Balaban J connectivity index is 2.04. The minimum atomic E-state index is -0.719. The number of halogens is 1. The van der Waals surface area contributed by atoms with E-state index in [0.29, 0.717) is 41.7 Å². The lowest BCUT2D eigenvalue weighted by Gasteiger charge is -2.27. The molecule has 1 amide bonds. The van der Waals surface area contributed by atoms with Gasteiger partial charge in [-0.25, -0.2) is 0 Å². The molecule has 2 aromatic rings. The highest BCUT2D eigenvalue weighted by Gasteiger charge is 2.45. The molecule has 0 radical (unpaired) electrons. The SMILES string of the molecule is CCOc1ccc([C@@H]2C(=C(O)c3ccc(OC)c(Cl)c3)C(=O)C(=O)N2CCCN(CC)CC)cc1. The van der Waals surface area contributed by atoms with Crippen molar-refractivity contribution in [1.29, 1.82) is 0 Å². The number of amides is 1. The second-order valence-corrected chi connectivity index (χ2v) is 8.63. The number of hydrogen-bond acceptors (Lipinski definition) is 6. The number of carbonyl (C=O) groups is 2. The highest BCUT2D eigenvalue weighted by atomic mass is 35.5. The Kier molecular flexibility index (Phi) is 9.18. The van der Waals surface area contributed by atoms with Crippen LogP contribution in [0.1, 0.15) is 44.4 Å². The Morgan fingerprint density at radius 3 is 2.34 bits per heavy atom. The molecule has 188 valence electrons. The zero-order chi connectivity index (χ0) is 25.5. The monoisotopic (exact) mass is 500 g/mol. The number of likely N-dealkylation sites (tertiary alicyclic amines) is 1. The van der Waals surface area contributed by atoms with Gasteiger partial charge in [-0.05, 0) is 68.9 Å². The zero-order valence-electron chi connectivity index (χ0n) is 20.7. The molecule has 1 saturated heterocycles. The number of Topliss-reactive ketones (excluding diaryl/α,β-unsaturated/α-hetero) is 1. The summed E-state index contributed by atoms with van der Waals surface area (Å²) in [5, 5.41) is 11.5. The first-order valence-electron chi connectivity index (χ1n) is 11.9. The maximum Gasteiger partial charge on any atom is 0.295 e. The molecule has 0 saturated carbocycles. The molecule has 1 fully saturated rings. The van der Waals surface area contributed by atoms with Crippen molar-refractivity contribution in [2.24, 2.45) is 0 Å². The molecule has 1 aliphatic heterocycles. The maximum absolute atomic E-state index is 13.2. The molecule has 0 spiro atoms. The van der Waals surface area contributed by atoms with Gasteiger partial charge >= 0.3 is 0 Å². The Morgan fingerprint density at radius 1 is 1.09 bits per heavy atom. The highest BCUT2D eigenvalue weighted by molar-refractivity contribution is 6.46. The number of ketones is 1. The molecule has 1 heterocycles. The molecular weight excluding hydrogens is 468 g/mol. The van der Waals surface area contributed by atoms with Gasteiger partial charge in [0, 0.05) is 12.1 Å². The van der Waals surface area contributed by atoms with Crippen LogP contribution in [0.5, 0.6) is 11.5 Å². The summed E-state index contributed by atoms with van der Waals surface area (Å²) in [6.07, 6.45) is 0.705. The second kappa shape index (κ2) is 12.1. The van der Waals surface area contributed by atoms with Crippen molar-refractivity contribution in [2.75, 3.05) is 39.9 Å². The molecule has 3 rings (SSSR count). The molecule has 0 aromatic heterocycles. The normalized spacial score (nSPS) is 17.3. The predicted octanol–water partition coefficient (Wildman–Crippen LogP) is 4.90. The van der Waals surface area contributed by atoms with Crippen molar-refractivity contribution in [3.8, 4) is 11.5 Å². The van der Waals surface area contributed by atoms with Gasteiger partial charge in [0.25, 0.3) is 11.7 Å². The number of ether oxygens (including phenoxy) is 2. The lowest BCUT2D eigenvalue weighted by atomic mass is 9.95. The second-order valence-electron chi connectivity index (χ2n) is 8.22. The van der Waals surface area contributed by atoms with Crippen molar-refractivity contribution in [2.45, 2.75) is 33.2 Å². The quantitative estimate of drug-likeness (QED) is 0.268. The Labute approximate surface area is 211 Å². The zero-order valence-corrected chi connectivity index (χ0v) is 21.5. The molecular formula is C27H33ClN2O5. The molecule has 8 heteroatoms. The largest absolute Gasteiger partial charge is 0.507 e. The lowest BCUT2D eigenvalue weighted by molar-refractivity contribution is -0.140. The molecule has 2 aromatic carbocycles. The van der Waals surface area contributed by atoms with E-state index in [1.165, 1.54) is 13.2 Å². The number of rotatable bonds is 11. The summed E-state index contributed by atoms with van der Waals surface area (Å²) in [6.45, 7) is 9.64. The summed E-state index contributed by atoms with van der Waals surface area (Å²) in [4.78, 5) is 30.2. The van der Waals surface area contributed by atoms with Crippen LogP contribution in [0.15, 0.2) is 48.0 Å². The van der Waals surface area contributed by atoms with Gasteiger partial charge < -0.3 is 24.4 Å². The highest BCUT2D eigenvalue weighted by Crippen LogP contribution is 2.40. The van der Waals surface area contributed by atoms with Crippen LogP contribution in [0.3, 0.4) is 0 Å². The molecule has 35 heavy (non-hydrogen) atoms. The number of nitrogens with zero attached hydrogens (tertiary/aromatic N) is 2. The van der Waals surface area contributed by atoms with E-state index in [9.17, 15) is 14.7 Å². The van der Waals surface area contributed by atoms with E-state index < -0.39 is 17.7 Å². The third-order valence-corrected chi connectivity index (χ3v) is 6.54. The van der Waals surface area contributed by atoms with Crippen molar-refractivity contribution >= 4 is 29.1 Å². The van der Waals surface area contributed by atoms with Crippen LogP contribution < -0.4 is 9.47 Å². The van der Waals surface area contributed by atoms with Crippen LogP contribution >= 0.6 is 11.6 Å². The van der Waals surface area contributed by atoms with Crippen LogP contribution in [-0.4, -0.2) is 66.5 Å².